The van der Waals surface area contributed by atoms with E-state index in [0.29, 0.717) is 11.5 Å². The molecular formula is C13H10BrN3O. The van der Waals surface area contributed by atoms with Crippen LogP contribution >= 0.6 is 15.9 Å². The molecule has 0 fully saturated rings. The maximum absolute atomic E-state index is 5.73. The molecule has 0 saturated heterocycles. The van der Waals surface area contributed by atoms with Crippen LogP contribution in [0.25, 0.3) is 11.0 Å². The summed E-state index contributed by atoms with van der Waals surface area (Å²) >= 11 is 3.43. The summed E-state index contributed by atoms with van der Waals surface area (Å²) in [5.74, 6) is 0.678. The molecule has 90 valence electrons. The van der Waals surface area contributed by atoms with Crippen LogP contribution in [-0.4, -0.2) is 5.16 Å². The molecule has 1 heterocycles. The number of nitrogen functional groups attached to an aromatic ring is 1. The van der Waals surface area contributed by atoms with Crippen LogP contribution in [0.1, 0.15) is 0 Å². The maximum Gasteiger partial charge on any atom is 0.183 e. The average Bonchev–Trinajstić information content (AvgIpc) is 2.74. The summed E-state index contributed by atoms with van der Waals surface area (Å²) in [6.07, 6.45) is 0. The van der Waals surface area contributed by atoms with Crippen molar-refractivity contribution in [2.24, 2.45) is 0 Å². The summed E-state index contributed by atoms with van der Waals surface area (Å²) in [5.41, 5.74) is 8.04. The second-order valence-corrected chi connectivity index (χ2v) is 4.75. The summed E-state index contributed by atoms with van der Waals surface area (Å²) in [4.78, 5) is 0. The Labute approximate surface area is 112 Å². The van der Waals surface area contributed by atoms with Crippen LogP contribution in [0.5, 0.6) is 0 Å². The summed E-state index contributed by atoms with van der Waals surface area (Å²) in [5, 5.41) is 8.14. The van der Waals surface area contributed by atoms with E-state index in [9.17, 15) is 0 Å². The van der Waals surface area contributed by atoms with E-state index < -0.39 is 0 Å². The molecule has 2 aromatic carbocycles. The molecule has 3 N–H and O–H groups in total. The third-order valence-corrected chi connectivity index (χ3v) is 3.22. The Morgan fingerprint density at radius 1 is 1.17 bits per heavy atom. The number of rotatable bonds is 2. The van der Waals surface area contributed by atoms with Crippen LogP contribution in [0.3, 0.4) is 0 Å². The molecule has 3 rings (SSSR count). The van der Waals surface area contributed by atoms with E-state index in [1.165, 1.54) is 0 Å². The summed E-state index contributed by atoms with van der Waals surface area (Å²) in [7, 11) is 0. The lowest BCUT2D eigenvalue weighted by Gasteiger charge is -2.03. The van der Waals surface area contributed by atoms with Crippen LogP contribution in [0.4, 0.5) is 17.2 Å². The minimum absolute atomic E-state index is 0.678. The Balaban J connectivity index is 2.03. The molecule has 0 atom stereocenters. The largest absolute Gasteiger partial charge is 0.399 e. The highest BCUT2D eigenvalue weighted by atomic mass is 79.9. The van der Waals surface area contributed by atoms with Gasteiger partial charge in [-0.3, -0.25) is 0 Å². The second kappa shape index (κ2) is 4.34. The number of benzene rings is 2. The molecule has 0 aliphatic heterocycles. The minimum Gasteiger partial charge on any atom is -0.399 e. The van der Waals surface area contributed by atoms with Crippen LogP contribution in [0.15, 0.2) is 51.5 Å². The zero-order valence-electron chi connectivity index (χ0n) is 9.35. The van der Waals surface area contributed by atoms with Gasteiger partial charge in [-0.2, -0.15) is 0 Å². The van der Waals surface area contributed by atoms with Crippen molar-refractivity contribution in [1.82, 2.24) is 5.16 Å². The van der Waals surface area contributed by atoms with Crippen LogP contribution in [0, 0.1) is 0 Å². The number of anilines is 3. The number of halogens is 1. The van der Waals surface area contributed by atoms with Gasteiger partial charge in [-0.25, -0.2) is 0 Å². The Kier molecular flexibility index (Phi) is 2.68. The first kappa shape index (κ1) is 11.1. The zero-order valence-corrected chi connectivity index (χ0v) is 10.9. The van der Waals surface area contributed by atoms with E-state index in [4.69, 9.17) is 10.3 Å². The van der Waals surface area contributed by atoms with Gasteiger partial charge in [0.1, 0.15) is 0 Å². The second-order valence-electron chi connectivity index (χ2n) is 3.90. The smallest absolute Gasteiger partial charge is 0.183 e. The SMILES string of the molecule is Nc1cccc(Nc2noc3c(Br)cccc23)c1. The quantitative estimate of drug-likeness (QED) is 0.704. The van der Waals surface area contributed by atoms with E-state index in [-0.39, 0.29) is 0 Å². The number of hydrogen-bond donors (Lipinski definition) is 2. The molecule has 1 aromatic heterocycles. The minimum atomic E-state index is 0.678. The van der Waals surface area contributed by atoms with Crippen molar-refractivity contribution in [1.29, 1.82) is 0 Å². The fourth-order valence-corrected chi connectivity index (χ4v) is 2.21. The molecule has 0 unspecified atom stereocenters. The van der Waals surface area contributed by atoms with Gasteiger partial charge < -0.3 is 15.6 Å². The summed E-state index contributed by atoms with van der Waals surface area (Å²) in [6, 6.07) is 13.3. The number of nitrogens with two attached hydrogens (primary N) is 1. The highest BCUT2D eigenvalue weighted by molar-refractivity contribution is 9.10. The van der Waals surface area contributed by atoms with Crippen molar-refractivity contribution < 1.29 is 4.52 Å². The number of aromatic nitrogens is 1. The Bertz CT molecular complexity index is 708. The fourth-order valence-electron chi connectivity index (χ4n) is 1.77. The monoisotopic (exact) mass is 303 g/mol. The van der Waals surface area contributed by atoms with Crippen LogP contribution in [0.2, 0.25) is 0 Å². The molecule has 5 heteroatoms. The van der Waals surface area contributed by atoms with Gasteiger partial charge >= 0.3 is 0 Å². The summed E-state index contributed by atoms with van der Waals surface area (Å²) in [6.45, 7) is 0. The van der Waals surface area contributed by atoms with E-state index in [1.807, 2.05) is 42.5 Å². The Hall–Kier alpha value is -2.01. The molecule has 0 aliphatic rings. The van der Waals surface area contributed by atoms with E-state index >= 15 is 0 Å². The lowest BCUT2D eigenvalue weighted by atomic mass is 10.2. The molecule has 4 nitrogen and oxygen atoms in total. The number of nitrogens with zero attached hydrogens (tertiary/aromatic N) is 1. The van der Waals surface area contributed by atoms with Gasteiger partial charge in [-0.1, -0.05) is 17.3 Å². The molecule has 0 amide bonds. The number of hydrogen-bond acceptors (Lipinski definition) is 4. The first-order valence-electron chi connectivity index (χ1n) is 5.40. The molecule has 0 bridgehead atoms. The average molecular weight is 304 g/mol. The van der Waals surface area contributed by atoms with Crippen molar-refractivity contribution in [3.8, 4) is 0 Å². The first-order chi connectivity index (χ1) is 8.74. The number of fused-ring (bicyclic) bond motifs is 1. The van der Waals surface area contributed by atoms with Crippen LogP contribution < -0.4 is 11.1 Å². The molecular weight excluding hydrogens is 294 g/mol. The summed E-state index contributed by atoms with van der Waals surface area (Å²) < 4.78 is 6.17. The predicted octanol–water partition coefficient (Wildman–Crippen LogP) is 3.92. The topological polar surface area (TPSA) is 64.1 Å². The lowest BCUT2D eigenvalue weighted by Crippen LogP contribution is -1.92. The standard InChI is InChI=1S/C13H10BrN3O/c14-11-6-2-5-10-12(11)18-17-13(10)16-9-4-1-3-8(15)7-9/h1-7H,15H2,(H,16,17). The van der Waals surface area contributed by atoms with Crippen molar-refractivity contribution in [2.45, 2.75) is 0 Å². The third-order valence-electron chi connectivity index (χ3n) is 2.60. The molecule has 3 aromatic rings. The molecule has 0 saturated carbocycles. The lowest BCUT2D eigenvalue weighted by molar-refractivity contribution is 0.459. The van der Waals surface area contributed by atoms with Crippen LogP contribution in [-0.2, 0) is 0 Å². The van der Waals surface area contributed by atoms with Crippen molar-refractivity contribution in [3.63, 3.8) is 0 Å². The Morgan fingerprint density at radius 2 is 2.00 bits per heavy atom. The highest BCUT2D eigenvalue weighted by Gasteiger charge is 2.10. The van der Waals surface area contributed by atoms with E-state index in [0.717, 1.165) is 21.1 Å². The van der Waals surface area contributed by atoms with Crippen molar-refractivity contribution in [3.05, 3.63) is 46.9 Å². The molecule has 0 spiro atoms. The van der Waals surface area contributed by atoms with Gasteiger partial charge in [0, 0.05) is 11.4 Å². The molecule has 18 heavy (non-hydrogen) atoms. The number of para-hydroxylation sites is 1. The molecule has 0 aliphatic carbocycles. The van der Waals surface area contributed by atoms with Crippen molar-refractivity contribution >= 4 is 44.1 Å². The van der Waals surface area contributed by atoms with E-state index in [1.54, 1.807) is 0 Å². The first-order valence-corrected chi connectivity index (χ1v) is 6.20. The highest BCUT2D eigenvalue weighted by Crippen LogP contribution is 2.30. The number of nitrogens with one attached hydrogen (secondary N) is 1. The fraction of sp³-hybridized carbons (Fsp3) is 0. The van der Waals surface area contributed by atoms with Gasteiger partial charge in [0.2, 0.25) is 0 Å². The predicted molar refractivity (Wildman–Crippen MR) is 75.8 cm³/mol. The van der Waals surface area contributed by atoms with Gasteiger partial charge in [0.25, 0.3) is 0 Å². The third kappa shape index (κ3) is 1.93. The van der Waals surface area contributed by atoms with Gasteiger partial charge in [-0.15, -0.1) is 0 Å². The molecule has 0 radical (unpaired) electrons. The van der Waals surface area contributed by atoms with Gasteiger partial charge in [-0.05, 0) is 46.3 Å². The van der Waals surface area contributed by atoms with Crippen molar-refractivity contribution in [2.75, 3.05) is 11.1 Å². The normalized spacial score (nSPS) is 10.7. The Morgan fingerprint density at radius 3 is 2.83 bits per heavy atom. The maximum atomic E-state index is 5.73. The van der Waals surface area contributed by atoms with E-state index in [2.05, 4.69) is 26.4 Å². The van der Waals surface area contributed by atoms with Gasteiger partial charge in [0.05, 0.1) is 9.86 Å². The van der Waals surface area contributed by atoms with Gasteiger partial charge in [0.15, 0.2) is 11.4 Å². The zero-order chi connectivity index (χ0) is 12.5.